The fourth-order valence-corrected chi connectivity index (χ4v) is 5.19. The van der Waals surface area contributed by atoms with Crippen LogP contribution in [0.3, 0.4) is 0 Å². The zero-order chi connectivity index (χ0) is 28.2. The fraction of sp³-hybridized carbons (Fsp3) is 0.516. The van der Waals surface area contributed by atoms with Crippen LogP contribution in [0.25, 0.3) is 0 Å². The van der Waals surface area contributed by atoms with E-state index in [1.807, 2.05) is 80.3 Å². The van der Waals surface area contributed by atoms with Crippen molar-refractivity contribution in [1.82, 2.24) is 15.7 Å². The number of nitrogens with zero attached hydrogens (tertiary/aromatic N) is 1. The second-order valence-electron chi connectivity index (χ2n) is 10.7. The lowest BCUT2D eigenvalue weighted by atomic mass is 9.81. The largest absolute Gasteiger partial charge is 0.457 e. The summed E-state index contributed by atoms with van der Waals surface area (Å²) in [6, 6.07) is 16.7. The molecule has 39 heavy (non-hydrogen) atoms. The molecule has 2 N–H and O–H groups in total. The van der Waals surface area contributed by atoms with Crippen molar-refractivity contribution in [1.29, 1.82) is 0 Å². The molecule has 1 heterocycles. The molecule has 3 atom stereocenters. The number of likely N-dealkylation sites (tertiary alicyclic amines) is 1. The summed E-state index contributed by atoms with van der Waals surface area (Å²) < 4.78 is 5.97. The molecular formula is C31H43N3O5. The van der Waals surface area contributed by atoms with Gasteiger partial charge in [0, 0.05) is 19.0 Å². The maximum Gasteiger partial charge on any atom is 0.247 e. The molecule has 2 aromatic rings. The second-order valence-corrected chi connectivity index (χ2v) is 10.7. The van der Waals surface area contributed by atoms with Crippen LogP contribution in [0.15, 0.2) is 54.6 Å². The van der Waals surface area contributed by atoms with Crippen LogP contribution in [-0.4, -0.2) is 42.3 Å². The number of benzene rings is 2. The van der Waals surface area contributed by atoms with Crippen LogP contribution in [0.5, 0.6) is 11.5 Å². The van der Waals surface area contributed by atoms with Gasteiger partial charge in [-0.2, -0.15) is 0 Å². The number of nitrogens with one attached hydrogen (secondary N) is 2. The molecule has 1 fully saturated rings. The molecule has 0 saturated carbocycles. The number of para-hydroxylation sites is 1. The number of hydroxylamine groups is 1. The Kier molecular flexibility index (Phi) is 11.8. The lowest BCUT2D eigenvalue weighted by molar-refractivity contribution is -0.144. The van der Waals surface area contributed by atoms with Crippen molar-refractivity contribution in [3.8, 4) is 11.5 Å². The van der Waals surface area contributed by atoms with Crippen LogP contribution in [0, 0.1) is 17.8 Å². The summed E-state index contributed by atoms with van der Waals surface area (Å²) in [4.78, 5) is 46.7. The van der Waals surface area contributed by atoms with E-state index >= 15 is 0 Å². The van der Waals surface area contributed by atoms with Gasteiger partial charge in [-0.1, -0.05) is 57.5 Å². The zero-order valence-electron chi connectivity index (χ0n) is 23.7. The first kappa shape index (κ1) is 30.2. The number of rotatable bonds is 13. The van der Waals surface area contributed by atoms with Crippen molar-refractivity contribution in [2.24, 2.45) is 17.8 Å². The Bertz CT molecular complexity index is 1070. The third-order valence-corrected chi connectivity index (χ3v) is 7.03. The van der Waals surface area contributed by atoms with Crippen molar-refractivity contribution >= 4 is 17.7 Å². The molecule has 0 bridgehead atoms. The molecule has 3 rings (SSSR count). The molecule has 1 saturated heterocycles. The molecule has 2 aromatic carbocycles. The predicted molar refractivity (Wildman–Crippen MR) is 151 cm³/mol. The van der Waals surface area contributed by atoms with Crippen LogP contribution in [-0.2, 0) is 25.8 Å². The molecule has 8 nitrogen and oxygen atoms in total. The Morgan fingerprint density at radius 2 is 1.74 bits per heavy atom. The minimum atomic E-state index is -0.619. The first-order chi connectivity index (χ1) is 18.8. The summed E-state index contributed by atoms with van der Waals surface area (Å²) >= 11 is 0. The van der Waals surface area contributed by atoms with Gasteiger partial charge >= 0.3 is 0 Å². The topological polar surface area (TPSA) is 97.0 Å². The highest BCUT2D eigenvalue weighted by Crippen LogP contribution is 2.27. The smallest absolute Gasteiger partial charge is 0.247 e. The van der Waals surface area contributed by atoms with Crippen molar-refractivity contribution in [2.75, 3.05) is 13.7 Å². The van der Waals surface area contributed by atoms with Crippen LogP contribution in [0.1, 0.15) is 64.9 Å². The standard InChI is InChI=1S/C31H43N3O5/c1-5-12-26(30(36)33-38-4)27(19-22(2)3)29(35)32-28-17-9-10-18-34(31(28)37)21-23-13-11-16-25(20-23)39-24-14-7-6-8-15-24/h6-8,11,13-16,20,22,26-28H,5,9-10,12,17-19,21H2,1-4H3,(H,32,35)(H,33,36)/t26?,27?,28-/m0/s1. The Balaban J connectivity index is 1.72. The Hall–Kier alpha value is -3.39. The van der Waals surface area contributed by atoms with Crippen molar-refractivity contribution in [2.45, 2.75) is 71.9 Å². The summed E-state index contributed by atoms with van der Waals surface area (Å²) in [5, 5.41) is 3.03. The van der Waals surface area contributed by atoms with E-state index in [0.717, 1.165) is 30.6 Å². The van der Waals surface area contributed by atoms with E-state index in [0.29, 0.717) is 38.1 Å². The maximum absolute atomic E-state index is 13.6. The van der Waals surface area contributed by atoms with E-state index in [-0.39, 0.29) is 23.6 Å². The average molecular weight is 538 g/mol. The normalized spacial score (nSPS) is 17.3. The molecule has 0 aliphatic carbocycles. The second kappa shape index (κ2) is 15.3. The van der Waals surface area contributed by atoms with E-state index in [1.54, 1.807) is 0 Å². The third-order valence-electron chi connectivity index (χ3n) is 7.03. The first-order valence-electron chi connectivity index (χ1n) is 14.1. The maximum atomic E-state index is 13.6. The lowest BCUT2D eigenvalue weighted by Gasteiger charge is -2.29. The average Bonchev–Trinajstić information content (AvgIpc) is 3.08. The minimum absolute atomic E-state index is 0.0908. The van der Waals surface area contributed by atoms with Crippen molar-refractivity contribution < 1.29 is 24.0 Å². The van der Waals surface area contributed by atoms with Crippen LogP contribution >= 0.6 is 0 Å². The monoisotopic (exact) mass is 537 g/mol. The molecule has 0 aromatic heterocycles. The summed E-state index contributed by atoms with van der Waals surface area (Å²) in [5.74, 6) is -0.0379. The summed E-state index contributed by atoms with van der Waals surface area (Å²) in [5.41, 5.74) is 3.37. The molecule has 212 valence electrons. The molecule has 1 aliphatic rings. The van der Waals surface area contributed by atoms with E-state index in [9.17, 15) is 14.4 Å². The minimum Gasteiger partial charge on any atom is -0.457 e. The molecule has 0 radical (unpaired) electrons. The molecule has 2 unspecified atom stereocenters. The quantitative estimate of drug-likeness (QED) is 0.341. The number of carbonyl (C=O) groups is 3. The highest BCUT2D eigenvalue weighted by atomic mass is 16.6. The first-order valence-corrected chi connectivity index (χ1v) is 14.1. The number of hydrogen-bond acceptors (Lipinski definition) is 5. The van der Waals surface area contributed by atoms with Gasteiger partial charge in [0.2, 0.25) is 17.7 Å². The SMILES string of the molecule is CCCC(C(=O)NOC)C(CC(C)C)C(=O)N[C@H]1CCCCN(Cc2cccc(Oc3ccccc3)c2)C1=O. The highest BCUT2D eigenvalue weighted by Gasteiger charge is 2.36. The van der Waals surface area contributed by atoms with Gasteiger partial charge in [-0.3, -0.25) is 19.2 Å². The van der Waals surface area contributed by atoms with Crippen molar-refractivity contribution in [3.05, 3.63) is 60.2 Å². The number of carbonyl (C=O) groups excluding carboxylic acids is 3. The van der Waals surface area contributed by atoms with Crippen LogP contribution in [0.4, 0.5) is 0 Å². The van der Waals surface area contributed by atoms with E-state index in [4.69, 9.17) is 9.57 Å². The van der Waals surface area contributed by atoms with Crippen LogP contribution in [0.2, 0.25) is 0 Å². The molecular weight excluding hydrogens is 494 g/mol. The van der Waals surface area contributed by atoms with E-state index in [2.05, 4.69) is 10.8 Å². The number of ether oxygens (including phenoxy) is 1. The van der Waals surface area contributed by atoms with Gasteiger partial charge < -0.3 is 15.0 Å². The third kappa shape index (κ3) is 9.10. The summed E-state index contributed by atoms with van der Waals surface area (Å²) in [7, 11) is 1.39. The molecule has 8 heteroatoms. The highest BCUT2D eigenvalue weighted by molar-refractivity contribution is 5.91. The van der Waals surface area contributed by atoms with Gasteiger partial charge in [-0.15, -0.1) is 0 Å². The van der Waals surface area contributed by atoms with E-state index in [1.165, 1.54) is 7.11 Å². The Morgan fingerprint density at radius 1 is 1.00 bits per heavy atom. The van der Waals surface area contributed by atoms with Gasteiger partial charge in [-0.05, 0) is 67.9 Å². The Labute approximate surface area is 232 Å². The van der Waals surface area contributed by atoms with E-state index < -0.39 is 17.9 Å². The number of hydrogen-bond donors (Lipinski definition) is 2. The lowest BCUT2D eigenvalue weighted by Crippen LogP contribution is -2.51. The van der Waals surface area contributed by atoms with Gasteiger partial charge in [-0.25, -0.2) is 5.48 Å². The Morgan fingerprint density at radius 3 is 2.44 bits per heavy atom. The molecule has 3 amide bonds. The van der Waals surface area contributed by atoms with Gasteiger partial charge in [0.25, 0.3) is 0 Å². The van der Waals surface area contributed by atoms with Gasteiger partial charge in [0.1, 0.15) is 17.5 Å². The summed E-state index contributed by atoms with van der Waals surface area (Å²) in [6.07, 6.45) is 4.14. The van der Waals surface area contributed by atoms with Gasteiger partial charge in [0.15, 0.2) is 0 Å². The zero-order valence-corrected chi connectivity index (χ0v) is 23.7. The van der Waals surface area contributed by atoms with Gasteiger partial charge in [0.05, 0.1) is 13.0 Å². The van der Waals surface area contributed by atoms with Crippen molar-refractivity contribution in [3.63, 3.8) is 0 Å². The fourth-order valence-electron chi connectivity index (χ4n) is 5.19. The van der Waals surface area contributed by atoms with Crippen LogP contribution < -0.4 is 15.5 Å². The number of amides is 3. The predicted octanol–water partition coefficient (Wildman–Crippen LogP) is 5.23. The summed E-state index contributed by atoms with van der Waals surface area (Å²) in [6.45, 7) is 7.11. The molecule has 0 spiro atoms. The molecule has 1 aliphatic heterocycles.